The molecule has 1 aromatic carbocycles. The molecule has 0 bridgehead atoms. The average molecular weight is 217 g/mol. The van der Waals surface area contributed by atoms with Crippen LogP contribution in [0, 0.1) is 0 Å². The van der Waals surface area contributed by atoms with Crippen LogP contribution in [-0.2, 0) is 0 Å². The number of aromatic hydroxyl groups is 1. The van der Waals surface area contributed by atoms with E-state index in [1.54, 1.807) is 0 Å². The summed E-state index contributed by atoms with van der Waals surface area (Å²) in [6.45, 7) is 3.81. The van der Waals surface area contributed by atoms with Crippen molar-refractivity contribution in [3.05, 3.63) is 17.2 Å². The van der Waals surface area contributed by atoms with E-state index in [1.165, 1.54) is 19.2 Å². The second-order valence-electron chi connectivity index (χ2n) is 3.12. The normalized spacial score (nSPS) is 10.4. The molecule has 0 spiro atoms. The van der Waals surface area contributed by atoms with Crippen molar-refractivity contribution >= 4 is 11.6 Å². The van der Waals surface area contributed by atoms with Crippen molar-refractivity contribution in [2.75, 3.05) is 7.11 Å². The van der Waals surface area contributed by atoms with Gasteiger partial charge in [0, 0.05) is 12.1 Å². The van der Waals surface area contributed by atoms with Gasteiger partial charge in [0.25, 0.3) is 0 Å². The second kappa shape index (κ2) is 4.42. The first-order chi connectivity index (χ1) is 6.54. The van der Waals surface area contributed by atoms with Gasteiger partial charge < -0.3 is 14.6 Å². The Morgan fingerprint density at radius 2 is 1.93 bits per heavy atom. The SMILES string of the molecule is COc1cc(O)c(Cl)cc1OC(C)C. The first kappa shape index (κ1) is 11.0. The molecule has 78 valence electrons. The summed E-state index contributed by atoms with van der Waals surface area (Å²) in [6, 6.07) is 2.97. The van der Waals surface area contributed by atoms with Crippen LogP contribution in [0.15, 0.2) is 12.1 Å². The molecule has 1 aromatic rings. The van der Waals surface area contributed by atoms with Crippen molar-refractivity contribution in [3.63, 3.8) is 0 Å². The molecule has 0 saturated carbocycles. The van der Waals surface area contributed by atoms with Gasteiger partial charge in [0.2, 0.25) is 0 Å². The maximum absolute atomic E-state index is 9.32. The van der Waals surface area contributed by atoms with E-state index < -0.39 is 0 Å². The van der Waals surface area contributed by atoms with Gasteiger partial charge in [0.1, 0.15) is 5.75 Å². The third kappa shape index (κ3) is 2.45. The van der Waals surface area contributed by atoms with Gasteiger partial charge >= 0.3 is 0 Å². The number of hydrogen-bond acceptors (Lipinski definition) is 3. The highest BCUT2D eigenvalue weighted by molar-refractivity contribution is 6.32. The van der Waals surface area contributed by atoms with Crippen LogP contribution in [0.3, 0.4) is 0 Å². The summed E-state index contributed by atoms with van der Waals surface area (Å²) < 4.78 is 10.5. The molecular weight excluding hydrogens is 204 g/mol. The molecule has 0 unspecified atom stereocenters. The third-order valence-corrected chi connectivity index (χ3v) is 1.90. The van der Waals surface area contributed by atoms with Crippen LogP contribution in [0.25, 0.3) is 0 Å². The molecule has 0 aromatic heterocycles. The Morgan fingerprint density at radius 1 is 1.29 bits per heavy atom. The summed E-state index contributed by atoms with van der Waals surface area (Å²) in [5.41, 5.74) is 0. The molecule has 1 N–H and O–H groups in total. The molecule has 0 aliphatic heterocycles. The summed E-state index contributed by atoms with van der Waals surface area (Å²) in [5, 5.41) is 9.57. The minimum absolute atomic E-state index is 0.0142. The summed E-state index contributed by atoms with van der Waals surface area (Å²) >= 11 is 5.74. The molecule has 0 fully saturated rings. The van der Waals surface area contributed by atoms with Crippen molar-refractivity contribution in [1.82, 2.24) is 0 Å². The lowest BCUT2D eigenvalue weighted by Crippen LogP contribution is -2.06. The van der Waals surface area contributed by atoms with E-state index in [4.69, 9.17) is 21.1 Å². The van der Waals surface area contributed by atoms with Gasteiger partial charge in [-0.2, -0.15) is 0 Å². The first-order valence-corrected chi connectivity index (χ1v) is 4.65. The van der Waals surface area contributed by atoms with E-state index in [0.29, 0.717) is 11.5 Å². The number of hydrogen-bond donors (Lipinski definition) is 1. The molecule has 0 radical (unpaired) electrons. The van der Waals surface area contributed by atoms with Crippen LogP contribution >= 0.6 is 11.6 Å². The average Bonchev–Trinajstić information content (AvgIpc) is 2.10. The number of halogens is 1. The summed E-state index contributed by atoms with van der Waals surface area (Å²) in [7, 11) is 1.51. The monoisotopic (exact) mass is 216 g/mol. The quantitative estimate of drug-likeness (QED) is 0.845. The molecule has 1 rings (SSSR count). The number of benzene rings is 1. The molecule has 3 nitrogen and oxygen atoms in total. The Balaban J connectivity index is 3.07. The Hall–Kier alpha value is -1.09. The van der Waals surface area contributed by atoms with Crippen molar-refractivity contribution in [2.45, 2.75) is 20.0 Å². The topological polar surface area (TPSA) is 38.7 Å². The van der Waals surface area contributed by atoms with Gasteiger partial charge in [0.05, 0.1) is 18.2 Å². The first-order valence-electron chi connectivity index (χ1n) is 4.27. The molecule has 14 heavy (non-hydrogen) atoms. The summed E-state index contributed by atoms with van der Waals surface area (Å²) in [5.74, 6) is 0.991. The minimum atomic E-state index is -0.0142. The predicted molar refractivity (Wildman–Crippen MR) is 55.4 cm³/mol. The van der Waals surface area contributed by atoms with E-state index in [2.05, 4.69) is 0 Å². The standard InChI is InChI=1S/C10H13ClO3/c1-6(2)14-10-4-7(11)8(12)5-9(10)13-3/h4-6,12H,1-3H3. The number of ether oxygens (including phenoxy) is 2. The zero-order valence-corrected chi connectivity index (χ0v) is 9.13. The zero-order chi connectivity index (χ0) is 10.7. The smallest absolute Gasteiger partial charge is 0.164 e. The van der Waals surface area contributed by atoms with Crippen LogP contribution in [0.4, 0.5) is 0 Å². The Morgan fingerprint density at radius 3 is 2.43 bits per heavy atom. The van der Waals surface area contributed by atoms with Gasteiger partial charge in [0.15, 0.2) is 11.5 Å². The Kier molecular flexibility index (Phi) is 3.47. The fraction of sp³-hybridized carbons (Fsp3) is 0.400. The van der Waals surface area contributed by atoms with Gasteiger partial charge in [-0.05, 0) is 13.8 Å². The summed E-state index contributed by atoms with van der Waals surface area (Å²) in [6.07, 6.45) is 0.0320. The highest BCUT2D eigenvalue weighted by atomic mass is 35.5. The lowest BCUT2D eigenvalue weighted by atomic mass is 10.3. The van der Waals surface area contributed by atoms with Crippen molar-refractivity contribution in [2.24, 2.45) is 0 Å². The number of methoxy groups -OCH3 is 1. The zero-order valence-electron chi connectivity index (χ0n) is 8.37. The highest BCUT2D eigenvalue weighted by Gasteiger charge is 2.10. The number of rotatable bonds is 3. The molecule has 4 heteroatoms. The van der Waals surface area contributed by atoms with Gasteiger partial charge in [-0.15, -0.1) is 0 Å². The van der Waals surface area contributed by atoms with Gasteiger partial charge in [-0.25, -0.2) is 0 Å². The largest absolute Gasteiger partial charge is 0.506 e. The van der Waals surface area contributed by atoms with E-state index >= 15 is 0 Å². The number of phenolic OH excluding ortho intramolecular Hbond substituents is 1. The molecule has 0 atom stereocenters. The van der Waals surface area contributed by atoms with Crippen LogP contribution in [-0.4, -0.2) is 18.3 Å². The third-order valence-electron chi connectivity index (χ3n) is 1.60. The van der Waals surface area contributed by atoms with E-state index in [0.717, 1.165) is 0 Å². The van der Waals surface area contributed by atoms with Crippen molar-refractivity contribution in [1.29, 1.82) is 0 Å². The van der Waals surface area contributed by atoms with Crippen LogP contribution < -0.4 is 9.47 Å². The van der Waals surface area contributed by atoms with Crippen molar-refractivity contribution in [3.8, 4) is 17.2 Å². The molecule has 0 aliphatic carbocycles. The lowest BCUT2D eigenvalue weighted by Gasteiger charge is -2.14. The van der Waals surface area contributed by atoms with Crippen molar-refractivity contribution < 1.29 is 14.6 Å². The molecular formula is C10H13ClO3. The number of phenols is 1. The Labute approximate surface area is 88.2 Å². The predicted octanol–water partition coefficient (Wildman–Crippen LogP) is 2.84. The van der Waals surface area contributed by atoms with E-state index in [-0.39, 0.29) is 16.9 Å². The lowest BCUT2D eigenvalue weighted by molar-refractivity contribution is 0.229. The van der Waals surface area contributed by atoms with Gasteiger partial charge in [-0.1, -0.05) is 11.6 Å². The minimum Gasteiger partial charge on any atom is -0.506 e. The molecule has 0 aliphatic rings. The van der Waals surface area contributed by atoms with Crippen LogP contribution in [0.1, 0.15) is 13.8 Å². The van der Waals surface area contributed by atoms with Crippen LogP contribution in [0.5, 0.6) is 17.2 Å². The van der Waals surface area contributed by atoms with E-state index in [9.17, 15) is 5.11 Å². The fourth-order valence-corrected chi connectivity index (χ4v) is 1.18. The molecule has 0 amide bonds. The molecule has 0 heterocycles. The fourth-order valence-electron chi connectivity index (χ4n) is 1.03. The highest BCUT2D eigenvalue weighted by Crippen LogP contribution is 2.37. The van der Waals surface area contributed by atoms with E-state index in [1.807, 2.05) is 13.8 Å². The maximum Gasteiger partial charge on any atom is 0.164 e. The van der Waals surface area contributed by atoms with Gasteiger partial charge in [-0.3, -0.25) is 0 Å². The maximum atomic E-state index is 9.32. The summed E-state index contributed by atoms with van der Waals surface area (Å²) in [4.78, 5) is 0. The Bertz CT molecular complexity index is 323. The van der Waals surface area contributed by atoms with Crippen LogP contribution in [0.2, 0.25) is 5.02 Å². The second-order valence-corrected chi connectivity index (χ2v) is 3.53. The molecule has 0 saturated heterocycles.